The Morgan fingerprint density at radius 2 is 2.09 bits per heavy atom. The van der Waals surface area contributed by atoms with E-state index in [0.29, 0.717) is 5.02 Å². The Balaban J connectivity index is 2.33. The monoisotopic (exact) mass is 327 g/mol. The van der Waals surface area contributed by atoms with Gasteiger partial charge in [0.05, 0.1) is 13.7 Å². The standard InChI is InChI=1S/C14H12ClF2N3O2/c1-22-13-6-5-11(18-19-13)14(21)20(8-12(16)17)10-4-2-3-9(15)7-10/h2-7,12H,8H2,1H3. The van der Waals surface area contributed by atoms with E-state index in [1.807, 2.05) is 0 Å². The number of methoxy groups -OCH3 is 1. The highest BCUT2D eigenvalue weighted by molar-refractivity contribution is 6.31. The van der Waals surface area contributed by atoms with E-state index < -0.39 is 18.9 Å². The highest BCUT2D eigenvalue weighted by atomic mass is 35.5. The van der Waals surface area contributed by atoms with E-state index in [9.17, 15) is 13.6 Å². The summed E-state index contributed by atoms with van der Waals surface area (Å²) in [5.41, 5.74) is 0.192. The van der Waals surface area contributed by atoms with Gasteiger partial charge in [-0.1, -0.05) is 17.7 Å². The maximum atomic E-state index is 12.8. The van der Waals surface area contributed by atoms with E-state index >= 15 is 0 Å². The largest absolute Gasteiger partial charge is 0.480 e. The van der Waals surface area contributed by atoms with Gasteiger partial charge in [-0.3, -0.25) is 4.79 Å². The van der Waals surface area contributed by atoms with Crippen LogP contribution in [0.2, 0.25) is 5.02 Å². The molecule has 0 atom stereocenters. The van der Waals surface area contributed by atoms with Gasteiger partial charge in [-0.15, -0.1) is 10.2 Å². The number of amides is 1. The number of alkyl halides is 2. The number of rotatable bonds is 5. The van der Waals surface area contributed by atoms with Crippen LogP contribution in [0.5, 0.6) is 5.88 Å². The summed E-state index contributed by atoms with van der Waals surface area (Å²) in [6.45, 7) is -0.771. The van der Waals surface area contributed by atoms with Crippen molar-refractivity contribution >= 4 is 23.2 Å². The first-order valence-electron chi connectivity index (χ1n) is 6.24. The van der Waals surface area contributed by atoms with Crippen molar-refractivity contribution in [1.29, 1.82) is 0 Å². The molecule has 2 rings (SSSR count). The van der Waals surface area contributed by atoms with Crippen molar-refractivity contribution in [1.82, 2.24) is 10.2 Å². The van der Waals surface area contributed by atoms with Gasteiger partial charge in [0.2, 0.25) is 5.88 Å². The minimum Gasteiger partial charge on any atom is -0.480 e. The lowest BCUT2D eigenvalue weighted by Crippen LogP contribution is -2.35. The van der Waals surface area contributed by atoms with E-state index in [-0.39, 0.29) is 17.3 Å². The van der Waals surface area contributed by atoms with Crippen molar-refractivity contribution in [2.75, 3.05) is 18.6 Å². The van der Waals surface area contributed by atoms with Crippen LogP contribution in [0.1, 0.15) is 10.5 Å². The molecule has 0 N–H and O–H groups in total. The van der Waals surface area contributed by atoms with Gasteiger partial charge in [0.25, 0.3) is 12.3 Å². The van der Waals surface area contributed by atoms with Gasteiger partial charge in [-0.2, -0.15) is 0 Å². The predicted molar refractivity (Wildman–Crippen MR) is 77.7 cm³/mol. The highest BCUT2D eigenvalue weighted by Gasteiger charge is 2.23. The second kappa shape index (κ2) is 7.13. The third kappa shape index (κ3) is 3.88. The molecule has 1 aromatic heterocycles. The number of hydrogen-bond donors (Lipinski definition) is 0. The fourth-order valence-electron chi connectivity index (χ4n) is 1.77. The molecule has 116 valence electrons. The molecule has 1 amide bonds. The zero-order valence-electron chi connectivity index (χ0n) is 11.5. The minimum atomic E-state index is -2.70. The number of hydrogen-bond acceptors (Lipinski definition) is 4. The average molecular weight is 328 g/mol. The Kier molecular flexibility index (Phi) is 5.21. The van der Waals surface area contributed by atoms with Crippen molar-refractivity contribution in [2.24, 2.45) is 0 Å². The van der Waals surface area contributed by atoms with Crippen molar-refractivity contribution in [3.8, 4) is 5.88 Å². The molecule has 0 bridgehead atoms. The molecule has 8 heteroatoms. The molecule has 0 unspecified atom stereocenters. The number of halogens is 3. The maximum Gasteiger partial charge on any atom is 0.278 e. The second-order valence-corrected chi connectivity index (χ2v) is 4.68. The molecule has 0 aliphatic heterocycles. The number of carbonyl (C=O) groups is 1. The molecule has 1 aromatic carbocycles. The third-order valence-electron chi connectivity index (χ3n) is 2.75. The van der Waals surface area contributed by atoms with Crippen LogP contribution in [0.4, 0.5) is 14.5 Å². The van der Waals surface area contributed by atoms with E-state index in [1.165, 1.54) is 31.4 Å². The highest BCUT2D eigenvalue weighted by Crippen LogP contribution is 2.22. The summed E-state index contributed by atoms with van der Waals surface area (Å²) in [7, 11) is 1.40. The maximum absolute atomic E-state index is 12.8. The topological polar surface area (TPSA) is 55.3 Å². The molecular formula is C14H12ClF2N3O2. The fourth-order valence-corrected chi connectivity index (χ4v) is 1.95. The molecule has 0 radical (unpaired) electrons. The van der Waals surface area contributed by atoms with E-state index in [4.69, 9.17) is 16.3 Å². The van der Waals surface area contributed by atoms with Crippen LogP contribution < -0.4 is 9.64 Å². The molecule has 0 spiro atoms. The molecule has 0 aliphatic carbocycles. The van der Waals surface area contributed by atoms with Crippen molar-refractivity contribution in [3.05, 3.63) is 47.1 Å². The second-order valence-electron chi connectivity index (χ2n) is 4.25. The van der Waals surface area contributed by atoms with Crippen LogP contribution in [0.15, 0.2) is 36.4 Å². The molecule has 2 aromatic rings. The average Bonchev–Trinajstić information content (AvgIpc) is 2.52. The van der Waals surface area contributed by atoms with Crippen LogP contribution in [-0.2, 0) is 0 Å². The number of aromatic nitrogens is 2. The van der Waals surface area contributed by atoms with Gasteiger partial charge < -0.3 is 9.64 Å². The van der Waals surface area contributed by atoms with Gasteiger partial charge in [0.1, 0.15) is 0 Å². The van der Waals surface area contributed by atoms with Crippen LogP contribution in [-0.4, -0.2) is 36.2 Å². The fraction of sp³-hybridized carbons (Fsp3) is 0.214. The summed E-state index contributed by atoms with van der Waals surface area (Å²) < 4.78 is 30.4. The van der Waals surface area contributed by atoms with Gasteiger partial charge in [-0.25, -0.2) is 8.78 Å². The summed E-state index contributed by atoms with van der Waals surface area (Å²) >= 11 is 5.85. The summed E-state index contributed by atoms with van der Waals surface area (Å²) in [4.78, 5) is 13.3. The Morgan fingerprint density at radius 1 is 1.32 bits per heavy atom. The third-order valence-corrected chi connectivity index (χ3v) is 2.99. The minimum absolute atomic E-state index is 0.0681. The first-order chi connectivity index (χ1) is 10.5. The van der Waals surface area contributed by atoms with E-state index in [2.05, 4.69) is 10.2 Å². The van der Waals surface area contributed by atoms with Crippen molar-refractivity contribution in [3.63, 3.8) is 0 Å². The first kappa shape index (κ1) is 16.1. The smallest absolute Gasteiger partial charge is 0.278 e. The molecule has 0 saturated heterocycles. The molecule has 0 fully saturated rings. The van der Waals surface area contributed by atoms with Crippen molar-refractivity contribution in [2.45, 2.75) is 6.43 Å². The van der Waals surface area contributed by atoms with Gasteiger partial charge in [-0.05, 0) is 24.3 Å². The van der Waals surface area contributed by atoms with Crippen LogP contribution >= 0.6 is 11.6 Å². The number of ether oxygens (including phenoxy) is 1. The Bertz CT molecular complexity index is 653. The summed E-state index contributed by atoms with van der Waals surface area (Å²) in [5, 5.41) is 7.68. The lowest BCUT2D eigenvalue weighted by Gasteiger charge is -2.22. The molecular weight excluding hydrogens is 316 g/mol. The van der Waals surface area contributed by atoms with Crippen LogP contribution in [0, 0.1) is 0 Å². The SMILES string of the molecule is COc1ccc(C(=O)N(CC(F)F)c2cccc(Cl)c2)nn1. The lowest BCUT2D eigenvalue weighted by molar-refractivity contribution is 0.0940. The molecule has 1 heterocycles. The first-order valence-corrected chi connectivity index (χ1v) is 6.62. The zero-order chi connectivity index (χ0) is 16.1. The lowest BCUT2D eigenvalue weighted by atomic mass is 10.2. The number of anilines is 1. The Hall–Kier alpha value is -2.28. The summed E-state index contributed by atoms with van der Waals surface area (Å²) in [6.07, 6.45) is -2.70. The predicted octanol–water partition coefficient (Wildman–Crippen LogP) is 3.05. The van der Waals surface area contributed by atoms with E-state index in [1.54, 1.807) is 12.1 Å². The van der Waals surface area contributed by atoms with Crippen molar-refractivity contribution < 1.29 is 18.3 Å². The quantitative estimate of drug-likeness (QED) is 0.847. The van der Waals surface area contributed by atoms with Gasteiger partial charge in [0, 0.05) is 16.8 Å². The molecule has 0 aliphatic rings. The molecule has 0 saturated carbocycles. The molecule has 22 heavy (non-hydrogen) atoms. The van der Waals surface area contributed by atoms with Gasteiger partial charge in [0.15, 0.2) is 5.69 Å². The van der Waals surface area contributed by atoms with Crippen LogP contribution in [0.25, 0.3) is 0 Å². The zero-order valence-corrected chi connectivity index (χ0v) is 12.3. The van der Waals surface area contributed by atoms with Crippen LogP contribution in [0.3, 0.4) is 0 Å². The van der Waals surface area contributed by atoms with Gasteiger partial charge >= 0.3 is 0 Å². The number of carbonyl (C=O) groups excluding carboxylic acids is 1. The van der Waals surface area contributed by atoms with E-state index in [0.717, 1.165) is 4.90 Å². The normalized spacial score (nSPS) is 10.6. The number of benzene rings is 1. The summed E-state index contributed by atoms with van der Waals surface area (Å²) in [5.74, 6) is -0.475. The summed E-state index contributed by atoms with van der Waals surface area (Å²) in [6, 6.07) is 8.89. The Labute approximate surface area is 130 Å². The Morgan fingerprint density at radius 3 is 2.64 bits per heavy atom. The molecule has 5 nitrogen and oxygen atoms in total. The number of nitrogens with zero attached hydrogens (tertiary/aromatic N) is 3.